The number of anilines is 1. The van der Waals surface area contributed by atoms with Crippen molar-refractivity contribution in [2.45, 2.75) is 0 Å². The van der Waals surface area contributed by atoms with E-state index < -0.39 is 6.09 Å². The van der Waals surface area contributed by atoms with E-state index in [2.05, 4.69) is 17.2 Å². The normalized spacial score (nSPS) is 8.35. The third kappa shape index (κ3) is 7.32. The first-order valence-corrected chi connectivity index (χ1v) is 5.34. The summed E-state index contributed by atoms with van der Waals surface area (Å²) in [4.78, 5) is 11.2. The zero-order chi connectivity index (χ0) is 11.8. The first-order valence-electron chi connectivity index (χ1n) is 4.43. The van der Waals surface area contributed by atoms with Crippen molar-refractivity contribution in [3.8, 4) is 11.8 Å². The Bertz CT molecular complexity index is 429. The van der Waals surface area contributed by atoms with Gasteiger partial charge in [0.2, 0.25) is 0 Å². The number of benzene rings is 1. The number of rotatable bonds is 2. The third-order valence-electron chi connectivity index (χ3n) is 1.54. The number of carbonyl (C=O) groups excluding carboxylic acids is 1. The van der Waals surface area contributed by atoms with Crippen molar-refractivity contribution in [2.24, 2.45) is 0 Å². The predicted octanol–water partition coefficient (Wildman–Crippen LogP) is 3.13. The van der Waals surface area contributed by atoms with Crippen molar-refractivity contribution in [2.75, 3.05) is 17.8 Å². The maximum Gasteiger partial charge on any atom is 0.412 e. The standard InChI is InChI=1S/C11H9Cl2NO2.Nb/c12-6-1-2-7-16-11(15)14-10-5-3-4-9(13)8-10;/h3-5,8H,6-7H2,(H,14,15);. The number of alkyl halides is 1. The van der Waals surface area contributed by atoms with Crippen LogP contribution in [0.5, 0.6) is 0 Å². The van der Waals surface area contributed by atoms with Crippen molar-refractivity contribution in [3.63, 3.8) is 0 Å². The van der Waals surface area contributed by atoms with E-state index in [-0.39, 0.29) is 34.9 Å². The molecule has 0 aliphatic rings. The second-order valence-electron chi connectivity index (χ2n) is 2.70. The molecule has 0 fully saturated rings. The maximum absolute atomic E-state index is 11.2. The number of hydrogen-bond acceptors (Lipinski definition) is 2. The van der Waals surface area contributed by atoms with Gasteiger partial charge in [-0.2, -0.15) is 0 Å². The Morgan fingerprint density at radius 3 is 2.82 bits per heavy atom. The molecular formula is C11H9Cl2NNbO2. The Hall–Kier alpha value is -0.630. The van der Waals surface area contributed by atoms with E-state index in [1.54, 1.807) is 24.3 Å². The molecule has 0 heterocycles. The average Bonchev–Trinajstić information content (AvgIpc) is 2.24. The first kappa shape index (κ1) is 16.4. The number of ether oxygens (including phenoxy) is 1. The van der Waals surface area contributed by atoms with E-state index in [4.69, 9.17) is 27.9 Å². The molecule has 0 saturated heterocycles. The summed E-state index contributed by atoms with van der Waals surface area (Å²) in [6.07, 6.45) is -0.578. The number of halogens is 2. The second-order valence-corrected chi connectivity index (χ2v) is 3.40. The van der Waals surface area contributed by atoms with Crippen molar-refractivity contribution in [1.82, 2.24) is 0 Å². The van der Waals surface area contributed by atoms with Crippen LogP contribution >= 0.6 is 23.2 Å². The molecule has 0 spiro atoms. The van der Waals surface area contributed by atoms with Gasteiger partial charge in [-0.1, -0.05) is 29.5 Å². The Labute approximate surface area is 125 Å². The topological polar surface area (TPSA) is 38.3 Å². The monoisotopic (exact) mass is 350 g/mol. The zero-order valence-electron chi connectivity index (χ0n) is 8.74. The summed E-state index contributed by atoms with van der Waals surface area (Å²) in [7, 11) is 0. The van der Waals surface area contributed by atoms with E-state index >= 15 is 0 Å². The molecule has 89 valence electrons. The smallest absolute Gasteiger partial charge is 0.412 e. The minimum atomic E-state index is -0.578. The van der Waals surface area contributed by atoms with Crippen LogP contribution in [0.25, 0.3) is 0 Å². The number of amides is 1. The third-order valence-corrected chi connectivity index (χ3v) is 1.91. The molecule has 17 heavy (non-hydrogen) atoms. The van der Waals surface area contributed by atoms with Crippen LogP contribution in [0, 0.1) is 11.8 Å². The Balaban J connectivity index is 0.00000256. The minimum absolute atomic E-state index is 0. The van der Waals surface area contributed by atoms with Crippen LogP contribution in [-0.4, -0.2) is 18.6 Å². The SMILES string of the molecule is O=C(Nc1cccc(Cl)c1)OCC#CCCl.[Nb]. The van der Waals surface area contributed by atoms with Gasteiger partial charge in [-0.25, -0.2) is 4.79 Å². The molecule has 6 heteroatoms. The Morgan fingerprint density at radius 2 is 2.18 bits per heavy atom. The molecule has 0 aliphatic carbocycles. The molecule has 0 atom stereocenters. The number of hydrogen-bond donors (Lipinski definition) is 1. The Morgan fingerprint density at radius 1 is 1.41 bits per heavy atom. The molecule has 0 aromatic heterocycles. The van der Waals surface area contributed by atoms with E-state index in [0.29, 0.717) is 10.7 Å². The van der Waals surface area contributed by atoms with E-state index in [1.165, 1.54) is 0 Å². The summed E-state index contributed by atoms with van der Waals surface area (Å²) >= 11 is 11.1. The molecule has 3 nitrogen and oxygen atoms in total. The van der Waals surface area contributed by atoms with Crippen LogP contribution in [-0.2, 0) is 27.1 Å². The molecule has 0 saturated carbocycles. The minimum Gasteiger partial charge on any atom is -0.436 e. The van der Waals surface area contributed by atoms with Gasteiger partial charge < -0.3 is 4.74 Å². The first-order chi connectivity index (χ1) is 7.72. The molecule has 0 bridgehead atoms. The van der Waals surface area contributed by atoms with Crippen molar-refractivity contribution in [3.05, 3.63) is 29.3 Å². The molecule has 1 radical (unpaired) electrons. The fraction of sp³-hybridized carbons (Fsp3) is 0.182. The molecule has 0 aliphatic heterocycles. The van der Waals surface area contributed by atoms with Gasteiger partial charge in [-0.05, 0) is 18.2 Å². The van der Waals surface area contributed by atoms with Gasteiger partial charge in [-0.15, -0.1) is 11.6 Å². The summed E-state index contributed by atoms with van der Waals surface area (Å²) in [5.41, 5.74) is 0.572. The van der Waals surface area contributed by atoms with Gasteiger partial charge in [0, 0.05) is 33.1 Å². The van der Waals surface area contributed by atoms with E-state index in [9.17, 15) is 4.79 Å². The quantitative estimate of drug-likeness (QED) is 0.505. The van der Waals surface area contributed by atoms with Crippen LogP contribution in [0.15, 0.2) is 24.3 Å². The summed E-state index contributed by atoms with van der Waals surface area (Å²) < 4.78 is 4.76. The van der Waals surface area contributed by atoms with Crippen molar-refractivity contribution >= 4 is 35.0 Å². The summed E-state index contributed by atoms with van der Waals surface area (Å²) in [5.74, 6) is 5.36. The van der Waals surface area contributed by atoms with Crippen LogP contribution in [0.2, 0.25) is 5.02 Å². The van der Waals surface area contributed by atoms with Gasteiger partial charge in [0.05, 0.1) is 5.88 Å². The van der Waals surface area contributed by atoms with E-state index in [0.717, 1.165) is 0 Å². The fourth-order valence-electron chi connectivity index (χ4n) is 0.920. The van der Waals surface area contributed by atoms with Crippen LogP contribution in [0.1, 0.15) is 0 Å². The average molecular weight is 351 g/mol. The molecule has 1 amide bonds. The molecule has 1 aromatic carbocycles. The van der Waals surface area contributed by atoms with Gasteiger partial charge in [0.25, 0.3) is 0 Å². The van der Waals surface area contributed by atoms with Gasteiger partial charge in [-0.3, -0.25) is 5.32 Å². The van der Waals surface area contributed by atoms with E-state index in [1.807, 2.05) is 0 Å². The number of carbonyl (C=O) groups is 1. The maximum atomic E-state index is 11.2. The van der Waals surface area contributed by atoms with Gasteiger partial charge >= 0.3 is 6.09 Å². The van der Waals surface area contributed by atoms with Crippen molar-refractivity contribution in [1.29, 1.82) is 0 Å². The van der Waals surface area contributed by atoms with Gasteiger partial charge in [0.15, 0.2) is 6.61 Å². The Kier molecular flexibility index (Phi) is 9.06. The molecule has 1 rings (SSSR count). The molecule has 1 N–H and O–H groups in total. The molecule has 1 aromatic rings. The summed E-state index contributed by atoms with van der Waals surface area (Å²) in [6, 6.07) is 6.76. The fourth-order valence-corrected chi connectivity index (χ4v) is 1.20. The largest absolute Gasteiger partial charge is 0.436 e. The van der Waals surface area contributed by atoms with Crippen LogP contribution in [0.4, 0.5) is 10.5 Å². The van der Waals surface area contributed by atoms with Gasteiger partial charge in [0.1, 0.15) is 0 Å². The second kappa shape index (κ2) is 9.41. The summed E-state index contributed by atoms with van der Waals surface area (Å²) in [6.45, 7) is 0.0130. The van der Waals surface area contributed by atoms with Crippen molar-refractivity contribution < 1.29 is 31.9 Å². The number of nitrogens with one attached hydrogen (secondary N) is 1. The van der Waals surface area contributed by atoms with Crippen LogP contribution in [0.3, 0.4) is 0 Å². The molecule has 0 unspecified atom stereocenters. The summed E-state index contributed by atoms with van der Waals surface area (Å²) in [5, 5.41) is 3.05. The van der Waals surface area contributed by atoms with Crippen LogP contribution < -0.4 is 5.32 Å². The predicted molar refractivity (Wildman–Crippen MR) is 64.9 cm³/mol. The zero-order valence-corrected chi connectivity index (χ0v) is 12.5. The molecular weight excluding hydrogens is 342 g/mol.